The first-order valence-electron chi connectivity index (χ1n) is 4.29. The Hall–Kier alpha value is -1.11. The fraction of sp³-hybridized carbons (Fsp3) is 0.273. The summed E-state index contributed by atoms with van der Waals surface area (Å²) in [6, 6.07) is 8.06. The Balaban J connectivity index is 2.51. The average Bonchev–Trinajstić information content (AvgIpc) is 2.17. The van der Waals surface area contributed by atoms with Crippen LogP contribution in [0.25, 0.3) is 5.57 Å². The van der Waals surface area contributed by atoms with Crippen molar-refractivity contribution < 1.29 is 4.39 Å². The van der Waals surface area contributed by atoms with Crippen molar-refractivity contribution in [2.75, 3.05) is 0 Å². The molecule has 12 heavy (non-hydrogen) atoms. The molecular weight excluding hydrogens is 151 g/mol. The van der Waals surface area contributed by atoms with E-state index in [0.29, 0.717) is 0 Å². The molecule has 0 atom stereocenters. The zero-order valence-corrected chi connectivity index (χ0v) is 6.89. The molecule has 62 valence electrons. The lowest BCUT2D eigenvalue weighted by atomic mass is 9.88. The summed E-state index contributed by atoms with van der Waals surface area (Å²) in [5.41, 5.74) is 3.25. The van der Waals surface area contributed by atoms with E-state index in [1.165, 1.54) is 5.56 Å². The van der Waals surface area contributed by atoms with Gasteiger partial charge in [-0.05, 0) is 36.0 Å². The lowest BCUT2D eigenvalue weighted by Crippen LogP contribution is -2.00. The first-order valence-corrected chi connectivity index (χ1v) is 4.29. The second-order valence-electron chi connectivity index (χ2n) is 3.15. The van der Waals surface area contributed by atoms with Crippen LogP contribution >= 0.6 is 0 Å². The third kappa shape index (κ3) is 1.15. The molecule has 0 amide bonds. The van der Waals surface area contributed by atoms with Crippen molar-refractivity contribution in [2.24, 2.45) is 0 Å². The van der Waals surface area contributed by atoms with E-state index in [0.717, 1.165) is 36.7 Å². The van der Waals surface area contributed by atoms with Gasteiger partial charge in [0.2, 0.25) is 0 Å². The van der Waals surface area contributed by atoms with Gasteiger partial charge in [0.05, 0.1) is 6.33 Å². The highest BCUT2D eigenvalue weighted by atomic mass is 19.1. The lowest BCUT2D eigenvalue weighted by molar-refractivity contribution is 0.709. The quantitative estimate of drug-likeness (QED) is 0.549. The van der Waals surface area contributed by atoms with Crippen LogP contribution in [0.5, 0.6) is 0 Å². The monoisotopic (exact) mass is 162 g/mol. The maximum Gasteiger partial charge on any atom is 0.0904 e. The van der Waals surface area contributed by atoms with E-state index >= 15 is 0 Å². The average molecular weight is 162 g/mol. The highest BCUT2D eigenvalue weighted by Gasteiger charge is 2.12. The van der Waals surface area contributed by atoms with E-state index in [9.17, 15) is 4.39 Å². The summed E-state index contributed by atoms with van der Waals surface area (Å²) in [5.74, 6) is 0. The summed E-state index contributed by atoms with van der Waals surface area (Å²) in [6.45, 7) is 0. The number of benzene rings is 1. The largest absolute Gasteiger partial charge is 0.215 e. The van der Waals surface area contributed by atoms with Crippen molar-refractivity contribution >= 4 is 5.57 Å². The van der Waals surface area contributed by atoms with Gasteiger partial charge in [0.1, 0.15) is 0 Å². The van der Waals surface area contributed by atoms with Gasteiger partial charge in [-0.2, -0.15) is 0 Å². The van der Waals surface area contributed by atoms with Crippen molar-refractivity contribution in [1.29, 1.82) is 0 Å². The van der Waals surface area contributed by atoms with E-state index < -0.39 is 0 Å². The molecule has 0 unspecified atom stereocenters. The maximum atomic E-state index is 12.4. The first kappa shape index (κ1) is 7.53. The number of aryl methyl sites for hydroxylation is 1. The number of hydrogen-bond donors (Lipinski definition) is 0. The molecule has 0 N–H and O–H groups in total. The standard InChI is InChI=1S/C11H11F/c12-8-10-6-3-5-9-4-1-2-7-11(9)10/h1-2,4,7-8H,3,5-6H2/b10-8+. The minimum atomic E-state index is 0.748. The molecule has 1 aromatic carbocycles. The summed E-state index contributed by atoms with van der Waals surface area (Å²) in [6.07, 6.45) is 3.80. The van der Waals surface area contributed by atoms with Gasteiger partial charge in [0.15, 0.2) is 0 Å². The topological polar surface area (TPSA) is 0 Å². The van der Waals surface area contributed by atoms with Gasteiger partial charge in [-0.25, -0.2) is 4.39 Å². The lowest BCUT2D eigenvalue weighted by Gasteiger charge is -2.17. The van der Waals surface area contributed by atoms with E-state index in [4.69, 9.17) is 0 Å². The van der Waals surface area contributed by atoms with Gasteiger partial charge >= 0.3 is 0 Å². The van der Waals surface area contributed by atoms with Crippen LogP contribution < -0.4 is 0 Å². The summed E-state index contributed by atoms with van der Waals surface area (Å²) in [7, 11) is 0. The van der Waals surface area contributed by atoms with Gasteiger partial charge in [-0.15, -0.1) is 0 Å². The SMILES string of the molecule is F/C=C1\CCCc2ccccc21. The van der Waals surface area contributed by atoms with Crippen LogP contribution in [-0.2, 0) is 6.42 Å². The zero-order chi connectivity index (χ0) is 8.39. The predicted molar refractivity (Wildman–Crippen MR) is 48.5 cm³/mol. The van der Waals surface area contributed by atoms with Crippen molar-refractivity contribution in [3.63, 3.8) is 0 Å². The number of allylic oxidation sites excluding steroid dienone is 1. The highest BCUT2D eigenvalue weighted by molar-refractivity contribution is 5.68. The number of halogens is 1. The molecule has 0 radical (unpaired) electrons. The van der Waals surface area contributed by atoms with E-state index in [1.807, 2.05) is 18.2 Å². The molecule has 1 aliphatic carbocycles. The van der Waals surface area contributed by atoms with Crippen LogP contribution in [0.3, 0.4) is 0 Å². The molecule has 1 aromatic rings. The smallest absolute Gasteiger partial charge is 0.0904 e. The molecule has 0 nitrogen and oxygen atoms in total. The Labute approximate surface area is 71.7 Å². The number of rotatable bonds is 0. The molecule has 0 aromatic heterocycles. The zero-order valence-electron chi connectivity index (χ0n) is 6.89. The molecule has 1 aliphatic rings. The van der Waals surface area contributed by atoms with Gasteiger partial charge in [0, 0.05) is 0 Å². The van der Waals surface area contributed by atoms with E-state index in [2.05, 4.69) is 6.07 Å². The predicted octanol–water partition coefficient (Wildman–Crippen LogP) is 3.33. The summed E-state index contributed by atoms with van der Waals surface area (Å²) < 4.78 is 12.4. The maximum absolute atomic E-state index is 12.4. The minimum absolute atomic E-state index is 0.748. The Morgan fingerprint density at radius 2 is 2.00 bits per heavy atom. The van der Waals surface area contributed by atoms with Crippen molar-refractivity contribution in [3.05, 3.63) is 41.7 Å². The molecule has 0 spiro atoms. The minimum Gasteiger partial charge on any atom is -0.215 e. The Morgan fingerprint density at radius 1 is 1.17 bits per heavy atom. The Kier molecular flexibility index (Phi) is 1.94. The van der Waals surface area contributed by atoms with E-state index in [-0.39, 0.29) is 0 Å². The molecule has 2 rings (SSSR count). The van der Waals surface area contributed by atoms with Crippen LogP contribution in [0.4, 0.5) is 4.39 Å². The fourth-order valence-corrected chi connectivity index (χ4v) is 1.77. The summed E-state index contributed by atoms with van der Waals surface area (Å²) in [5, 5.41) is 0. The molecule has 0 bridgehead atoms. The third-order valence-corrected chi connectivity index (χ3v) is 2.39. The number of fused-ring (bicyclic) bond motifs is 1. The first-order chi connectivity index (χ1) is 5.92. The molecule has 0 saturated carbocycles. The van der Waals surface area contributed by atoms with Crippen LogP contribution in [-0.4, -0.2) is 0 Å². The Bertz CT molecular complexity index is 313. The summed E-state index contributed by atoms with van der Waals surface area (Å²) in [4.78, 5) is 0. The summed E-state index contributed by atoms with van der Waals surface area (Å²) >= 11 is 0. The third-order valence-electron chi connectivity index (χ3n) is 2.39. The van der Waals surface area contributed by atoms with Gasteiger partial charge in [0.25, 0.3) is 0 Å². The molecule has 0 aliphatic heterocycles. The second-order valence-corrected chi connectivity index (χ2v) is 3.15. The van der Waals surface area contributed by atoms with Crippen molar-refractivity contribution in [1.82, 2.24) is 0 Å². The number of hydrogen-bond acceptors (Lipinski definition) is 0. The highest BCUT2D eigenvalue weighted by Crippen LogP contribution is 2.30. The molecule has 0 fully saturated rings. The van der Waals surface area contributed by atoms with E-state index in [1.54, 1.807) is 0 Å². The van der Waals surface area contributed by atoms with Crippen LogP contribution in [0.2, 0.25) is 0 Å². The van der Waals surface area contributed by atoms with Gasteiger partial charge in [-0.3, -0.25) is 0 Å². The fourth-order valence-electron chi connectivity index (χ4n) is 1.77. The second kappa shape index (κ2) is 3.10. The molecule has 1 heteroatoms. The van der Waals surface area contributed by atoms with Crippen molar-refractivity contribution in [2.45, 2.75) is 19.3 Å². The van der Waals surface area contributed by atoms with Gasteiger partial charge < -0.3 is 0 Å². The normalized spacial score (nSPS) is 19.2. The molecule has 0 heterocycles. The van der Waals surface area contributed by atoms with Crippen LogP contribution in [0.15, 0.2) is 30.6 Å². The Morgan fingerprint density at radius 3 is 2.83 bits per heavy atom. The van der Waals surface area contributed by atoms with Crippen LogP contribution in [0, 0.1) is 0 Å². The molecule has 0 saturated heterocycles. The van der Waals surface area contributed by atoms with Gasteiger partial charge in [-0.1, -0.05) is 24.3 Å². The van der Waals surface area contributed by atoms with Crippen LogP contribution in [0.1, 0.15) is 24.0 Å². The van der Waals surface area contributed by atoms with Crippen molar-refractivity contribution in [3.8, 4) is 0 Å². The molecular formula is C11H11F.